The van der Waals surface area contributed by atoms with E-state index in [1.165, 1.54) is 0 Å². The van der Waals surface area contributed by atoms with Crippen LogP contribution in [-0.2, 0) is 6.54 Å². The van der Waals surface area contributed by atoms with Crippen LogP contribution in [-0.4, -0.2) is 26.9 Å². The fourth-order valence-electron chi connectivity index (χ4n) is 2.92. The van der Waals surface area contributed by atoms with Gasteiger partial charge < -0.3 is 10.1 Å². The molecular formula is C22H21N5O. The second kappa shape index (κ2) is 7.92. The maximum Gasteiger partial charge on any atom is 0.226 e. The highest BCUT2D eigenvalue weighted by Gasteiger charge is 2.15. The Morgan fingerprint density at radius 1 is 0.964 bits per heavy atom. The van der Waals surface area contributed by atoms with Crippen molar-refractivity contribution in [1.29, 1.82) is 0 Å². The average molecular weight is 371 g/mol. The minimum atomic E-state index is 0.596. The summed E-state index contributed by atoms with van der Waals surface area (Å²) in [7, 11) is 1.66. The molecule has 0 aliphatic heterocycles. The van der Waals surface area contributed by atoms with Crippen molar-refractivity contribution in [2.45, 2.75) is 13.5 Å². The van der Waals surface area contributed by atoms with Crippen LogP contribution in [0.1, 0.15) is 11.1 Å². The molecule has 2 aromatic heterocycles. The Balaban J connectivity index is 1.67. The molecule has 0 saturated carbocycles. The predicted octanol–water partition coefficient (Wildman–Crippen LogP) is 4.26. The van der Waals surface area contributed by atoms with Crippen molar-refractivity contribution < 1.29 is 4.74 Å². The number of nitrogens with one attached hydrogen (secondary N) is 1. The molecule has 0 saturated heterocycles. The topological polar surface area (TPSA) is 64.9 Å². The van der Waals surface area contributed by atoms with Gasteiger partial charge in [-0.2, -0.15) is 9.67 Å². The number of rotatable bonds is 6. The van der Waals surface area contributed by atoms with Gasteiger partial charge >= 0.3 is 0 Å². The molecule has 0 aliphatic rings. The van der Waals surface area contributed by atoms with Gasteiger partial charge in [0.1, 0.15) is 11.4 Å². The van der Waals surface area contributed by atoms with Crippen molar-refractivity contribution in [3.63, 3.8) is 0 Å². The lowest BCUT2D eigenvalue weighted by Gasteiger charge is -2.08. The third kappa shape index (κ3) is 3.71. The molecular weight excluding hydrogens is 350 g/mol. The number of para-hydroxylation sites is 1. The molecule has 0 fully saturated rings. The second-order valence-corrected chi connectivity index (χ2v) is 6.38. The normalized spacial score (nSPS) is 10.6. The molecule has 4 aromatic rings. The number of benzene rings is 2. The fraction of sp³-hybridized carbons (Fsp3) is 0.136. The first-order valence-electron chi connectivity index (χ1n) is 9.06. The first kappa shape index (κ1) is 17.7. The number of nitrogens with zero attached hydrogens (tertiary/aromatic N) is 4. The van der Waals surface area contributed by atoms with Gasteiger partial charge in [-0.15, -0.1) is 5.10 Å². The molecule has 2 aromatic carbocycles. The largest absolute Gasteiger partial charge is 0.497 e. The summed E-state index contributed by atoms with van der Waals surface area (Å²) in [6.45, 7) is 2.63. The summed E-state index contributed by atoms with van der Waals surface area (Å²) >= 11 is 0. The Kier molecular flexibility index (Phi) is 5.01. The molecule has 6 nitrogen and oxygen atoms in total. The van der Waals surface area contributed by atoms with E-state index in [0.29, 0.717) is 18.3 Å². The third-order valence-corrected chi connectivity index (χ3v) is 4.44. The standard InChI is InChI=1S/C22H21N5O/c1-16-7-6-14-23-20(16)21-25-22(27(26-21)18-8-4-3-5-9-18)24-15-17-10-12-19(28-2)13-11-17/h3-14H,15H2,1-2H3,(H,24,25,26). The highest BCUT2D eigenvalue weighted by Crippen LogP contribution is 2.22. The van der Waals surface area contributed by atoms with E-state index in [1.54, 1.807) is 13.3 Å². The quantitative estimate of drug-likeness (QED) is 0.549. The average Bonchev–Trinajstić information content (AvgIpc) is 3.17. The summed E-state index contributed by atoms with van der Waals surface area (Å²) < 4.78 is 7.03. The highest BCUT2D eigenvalue weighted by molar-refractivity contribution is 5.57. The van der Waals surface area contributed by atoms with Crippen LogP contribution in [0.5, 0.6) is 5.75 Å². The van der Waals surface area contributed by atoms with E-state index in [2.05, 4.69) is 10.3 Å². The first-order valence-corrected chi connectivity index (χ1v) is 9.06. The number of aryl methyl sites for hydroxylation is 1. The van der Waals surface area contributed by atoms with Crippen molar-refractivity contribution >= 4 is 5.95 Å². The van der Waals surface area contributed by atoms with Crippen LogP contribution in [0, 0.1) is 6.92 Å². The predicted molar refractivity (Wildman–Crippen MR) is 110 cm³/mol. The van der Waals surface area contributed by atoms with Crippen LogP contribution in [0.15, 0.2) is 72.9 Å². The zero-order valence-electron chi connectivity index (χ0n) is 15.8. The lowest BCUT2D eigenvalue weighted by Crippen LogP contribution is -2.07. The molecule has 0 aliphatic carbocycles. The molecule has 28 heavy (non-hydrogen) atoms. The number of aromatic nitrogens is 4. The molecule has 0 unspecified atom stereocenters. The van der Waals surface area contributed by atoms with Crippen molar-refractivity contribution in [2.24, 2.45) is 0 Å². The SMILES string of the molecule is COc1ccc(CNc2nc(-c3ncccc3C)nn2-c2ccccc2)cc1. The van der Waals surface area contributed by atoms with Crippen LogP contribution >= 0.6 is 0 Å². The van der Waals surface area contributed by atoms with Gasteiger partial charge in [-0.05, 0) is 48.4 Å². The minimum absolute atomic E-state index is 0.596. The fourth-order valence-corrected chi connectivity index (χ4v) is 2.92. The van der Waals surface area contributed by atoms with Gasteiger partial charge in [-0.1, -0.05) is 36.4 Å². The van der Waals surface area contributed by atoms with Gasteiger partial charge in [-0.25, -0.2) is 0 Å². The van der Waals surface area contributed by atoms with Crippen LogP contribution in [0.2, 0.25) is 0 Å². The monoisotopic (exact) mass is 371 g/mol. The first-order chi connectivity index (χ1) is 13.7. The van der Waals surface area contributed by atoms with Crippen LogP contribution in [0.25, 0.3) is 17.2 Å². The van der Waals surface area contributed by atoms with Crippen molar-refractivity contribution in [3.05, 3.63) is 84.1 Å². The number of hydrogen-bond donors (Lipinski definition) is 1. The number of anilines is 1. The summed E-state index contributed by atoms with van der Waals surface area (Å²) in [4.78, 5) is 9.17. The molecule has 0 spiro atoms. The van der Waals surface area contributed by atoms with Crippen molar-refractivity contribution in [3.8, 4) is 23.0 Å². The molecule has 140 valence electrons. The summed E-state index contributed by atoms with van der Waals surface area (Å²) in [6, 6.07) is 21.8. The van der Waals surface area contributed by atoms with Crippen LogP contribution < -0.4 is 10.1 Å². The summed E-state index contributed by atoms with van der Waals surface area (Å²) in [5, 5.41) is 8.11. The van der Waals surface area contributed by atoms with E-state index >= 15 is 0 Å². The Bertz CT molecular complexity index is 1060. The van der Waals surface area contributed by atoms with Gasteiger partial charge in [0.25, 0.3) is 0 Å². The smallest absolute Gasteiger partial charge is 0.226 e. The third-order valence-electron chi connectivity index (χ3n) is 4.44. The zero-order chi connectivity index (χ0) is 19.3. The van der Waals surface area contributed by atoms with E-state index in [1.807, 2.05) is 78.3 Å². The van der Waals surface area contributed by atoms with Gasteiger partial charge in [0.2, 0.25) is 11.8 Å². The lowest BCUT2D eigenvalue weighted by atomic mass is 10.2. The number of pyridine rings is 1. The Morgan fingerprint density at radius 3 is 2.46 bits per heavy atom. The van der Waals surface area contributed by atoms with Crippen molar-refractivity contribution in [1.82, 2.24) is 19.7 Å². The molecule has 4 rings (SSSR count). The molecule has 0 radical (unpaired) electrons. The molecule has 6 heteroatoms. The van der Waals surface area contributed by atoms with E-state index in [0.717, 1.165) is 28.3 Å². The molecule has 0 amide bonds. The Morgan fingerprint density at radius 2 is 1.75 bits per heavy atom. The lowest BCUT2D eigenvalue weighted by molar-refractivity contribution is 0.414. The summed E-state index contributed by atoms with van der Waals surface area (Å²) in [5.41, 5.74) is 3.88. The number of methoxy groups -OCH3 is 1. The van der Waals surface area contributed by atoms with E-state index in [9.17, 15) is 0 Å². The van der Waals surface area contributed by atoms with Crippen LogP contribution in [0.4, 0.5) is 5.95 Å². The van der Waals surface area contributed by atoms with E-state index in [4.69, 9.17) is 14.8 Å². The number of hydrogen-bond acceptors (Lipinski definition) is 5. The zero-order valence-corrected chi connectivity index (χ0v) is 15.8. The van der Waals surface area contributed by atoms with Gasteiger partial charge in [-0.3, -0.25) is 4.98 Å². The maximum atomic E-state index is 5.22. The summed E-state index contributed by atoms with van der Waals surface area (Å²) in [5.74, 6) is 2.10. The Labute approximate surface area is 163 Å². The van der Waals surface area contributed by atoms with Gasteiger partial charge in [0, 0.05) is 12.7 Å². The minimum Gasteiger partial charge on any atom is -0.497 e. The highest BCUT2D eigenvalue weighted by atomic mass is 16.5. The van der Waals surface area contributed by atoms with E-state index < -0.39 is 0 Å². The van der Waals surface area contributed by atoms with Gasteiger partial charge in [0.15, 0.2) is 0 Å². The molecule has 0 bridgehead atoms. The van der Waals surface area contributed by atoms with Crippen molar-refractivity contribution in [2.75, 3.05) is 12.4 Å². The Hall–Kier alpha value is -3.67. The second-order valence-electron chi connectivity index (χ2n) is 6.38. The van der Waals surface area contributed by atoms with Crippen LogP contribution in [0.3, 0.4) is 0 Å². The number of ether oxygens (including phenoxy) is 1. The summed E-state index contributed by atoms with van der Waals surface area (Å²) in [6.07, 6.45) is 1.76. The van der Waals surface area contributed by atoms with E-state index in [-0.39, 0.29) is 0 Å². The van der Waals surface area contributed by atoms with Gasteiger partial charge in [0.05, 0.1) is 12.8 Å². The molecule has 0 atom stereocenters. The maximum absolute atomic E-state index is 5.22. The molecule has 2 heterocycles. The molecule has 1 N–H and O–H groups in total.